The van der Waals surface area contributed by atoms with Crippen LogP contribution in [0.5, 0.6) is 5.75 Å². The lowest BCUT2D eigenvalue weighted by atomic mass is 10.1. The standard InChI is InChI=1S/C13H19NO2S/c1-4-17-8-10(3)14-13(16)11-7-5-6-9(2)12(11)15/h5-7,10,15H,4,8H2,1-3H3,(H,14,16). The first-order chi connectivity index (χ1) is 8.06. The smallest absolute Gasteiger partial charge is 0.255 e. The SMILES string of the molecule is CCSCC(C)NC(=O)c1cccc(C)c1O. The Morgan fingerprint density at radius 3 is 2.88 bits per heavy atom. The second kappa shape index (κ2) is 6.55. The monoisotopic (exact) mass is 253 g/mol. The predicted molar refractivity (Wildman–Crippen MR) is 72.8 cm³/mol. The van der Waals surface area contributed by atoms with Gasteiger partial charge < -0.3 is 10.4 Å². The Morgan fingerprint density at radius 1 is 1.53 bits per heavy atom. The van der Waals surface area contributed by atoms with Crippen molar-refractivity contribution in [3.63, 3.8) is 0 Å². The van der Waals surface area contributed by atoms with Crippen LogP contribution in [0.2, 0.25) is 0 Å². The molecule has 0 aliphatic carbocycles. The molecule has 1 unspecified atom stereocenters. The molecule has 0 aromatic heterocycles. The van der Waals surface area contributed by atoms with E-state index in [1.54, 1.807) is 36.9 Å². The molecular weight excluding hydrogens is 234 g/mol. The molecule has 0 spiro atoms. The number of carbonyl (C=O) groups is 1. The summed E-state index contributed by atoms with van der Waals surface area (Å²) in [7, 11) is 0. The first-order valence-corrected chi connectivity index (χ1v) is 6.89. The number of nitrogens with one attached hydrogen (secondary N) is 1. The normalized spacial score (nSPS) is 12.2. The third-order valence-electron chi connectivity index (χ3n) is 2.43. The van der Waals surface area contributed by atoms with Gasteiger partial charge in [0.25, 0.3) is 5.91 Å². The number of amides is 1. The van der Waals surface area contributed by atoms with E-state index in [-0.39, 0.29) is 17.7 Å². The van der Waals surface area contributed by atoms with Gasteiger partial charge in [0.05, 0.1) is 5.56 Å². The fourth-order valence-electron chi connectivity index (χ4n) is 1.48. The number of hydrogen-bond donors (Lipinski definition) is 2. The summed E-state index contributed by atoms with van der Waals surface area (Å²) in [6.07, 6.45) is 0. The maximum atomic E-state index is 11.9. The fraction of sp³-hybridized carbons (Fsp3) is 0.462. The second-order valence-electron chi connectivity index (χ2n) is 4.01. The van der Waals surface area contributed by atoms with Crippen LogP contribution in [0.25, 0.3) is 0 Å². The summed E-state index contributed by atoms with van der Waals surface area (Å²) in [6, 6.07) is 5.29. The Hall–Kier alpha value is -1.16. The number of carbonyl (C=O) groups excluding carboxylic acids is 1. The summed E-state index contributed by atoms with van der Waals surface area (Å²) in [5.74, 6) is 1.78. The molecule has 0 aliphatic rings. The Labute approximate surface area is 107 Å². The van der Waals surface area contributed by atoms with Crippen molar-refractivity contribution in [3.8, 4) is 5.75 Å². The number of aromatic hydroxyl groups is 1. The predicted octanol–water partition coefficient (Wildman–Crippen LogP) is 2.57. The van der Waals surface area contributed by atoms with Crippen LogP contribution >= 0.6 is 11.8 Å². The van der Waals surface area contributed by atoms with Crippen LogP contribution in [0.4, 0.5) is 0 Å². The molecule has 1 atom stereocenters. The third kappa shape index (κ3) is 3.97. The Morgan fingerprint density at radius 2 is 2.24 bits per heavy atom. The van der Waals surface area contributed by atoms with Crippen LogP contribution in [0.3, 0.4) is 0 Å². The minimum Gasteiger partial charge on any atom is -0.507 e. The van der Waals surface area contributed by atoms with Crippen LogP contribution in [0.1, 0.15) is 29.8 Å². The number of benzene rings is 1. The van der Waals surface area contributed by atoms with Gasteiger partial charge in [-0.15, -0.1) is 0 Å². The van der Waals surface area contributed by atoms with Crippen LogP contribution in [0.15, 0.2) is 18.2 Å². The van der Waals surface area contributed by atoms with Gasteiger partial charge in [-0.25, -0.2) is 0 Å². The molecule has 4 heteroatoms. The second-order valence-corrected chi connectivity index (χ2v) is 5.32. The maximum Gasteiger partial charge on any atom is 0.255 e. The van der Waals surface area contributed by atoms with Gasteiger partial charge in [0.1, 0.15) is 5.75 Å². The van der Waals surface area contributed by atoms with Crippen molar-refractivity contribution in [2.45, 2.75) is 26.8 Å². The first-order valence-electron chi connectivity index (χ1n) is 5.73. The molecule has 3 nitrogen and oxygen atoms in total. The zero-order valence-electron chi connectivity index (χ0n) is 10.5. The molecule has 0 radical (unpaired) electrons. The fourth-order valence-corrected chi connectivity index (χ4v) is 2.15. The molecule has 1 amide bonds. The molecule has 0 aliphatic heterocycles. The van der Waals surface area contributed by atoms with Gasteiger partial charge in [-0.1, -0.05) is 19.1 Å². The van der Waals surface area contributed by atoms with Crippen LogP contribution in [-0.4, -0.2) is 28.6 Å². The number of thioether (sulfide) groups is 1. The Kier molecular flexibility index (Phi) is 5.35. The molecule has 1 rings (SSSR count). The van der Waals surface area contributed by atoms with E-state index in [9.17, 15) is 9.90 Å². The Balaban J connectivity index is 2.67. The van der Waals surface area contributed by atoms with E-state index in [4.69, 9.17) is 0 Å². The van der Waals surface area contributed by atoms with E-state index < -0.39 is 0 Å². The van der Waals surface area contributed by atoms with E-state index in [0.717, 1.165) is 11.5 Å². The van der Waals surface area contributed by atoms with Crippen molar-refractivity contribution in [3.05, 3.63) is 29.3 Å². The molecule has 2 N–H and O–H groups in total. The largest absolute Gasteiger partial charge is 0.507 e. The molecule has 0 saturated heterocycles. The van der Waals surface area contributed by atoms with Crippen molar-refractivity contribution in [1.82, 2.24) is 5.32 Å². The van der Waals surface area contributed by atoms with Crippen molar-refractivity contribution in [2.75, 3.05) is 11.5 Å². The molecule has 1 aromatic rings. The molecule has 0 fully saturated rings. The highest BCUT2D eigenvalue weighted by molar-refractivity contribution is 7.99. The quantitative estimate of drug-likeness (QED) is 0.848. The van der Waals surface area contributed by atoms with Gasteiger partial charge in [-0.05, 0) is 31.2 Å². The van der Waals surface area contributed by atoms with Crippen molar-refractivity contribution < 1.29 is 9.90 Å². The number of para-hydroxylation sites is 1. The number of aryl methyl sites for hydroxylation is 1. The highest BCUT2D eigenvalue weighted by atomic mass is 32.2. The molecular formula is C13H19NO2S. The summed E-state index contributed by atoms with van der Waals surface area (Å²) >= 11 is 1.78. The lowest BCUT2D eigenvalue weighted by molar-refractivity contribution is 0.0941. The summed E-state index contributed by atoms with van der Waals surface area (Å²) in [4.78, 5) is 11.9. The summed E-state index contributed by atoms with van der Waals surface area (Å²) < 4.78 is 0. The maximum absolute atomic E-state index is 11.9. The number of phenolic OH excluding ortho intramolecular Hbond substituents is 1. The van der Waals surface area contributed by atoms with E-state index in [0.29, 0.717) is 11.1 Å². The number of phenols is 1. The molecule has 0 heterocycles. The van der Waals surface area contributed by atoms with Gasteiger partial charge in [-0.2, -0.15) is 11.8 Å². The van der Waals surface area contributed by atoms with Gasteiger partial charge in [0.15, 0.2) is 0 Å². The summed E-state index contributed by atoms with van der Waals surface area (Å²) in [5, 5.41) is 12.7. The van der Waals surface area contributed by atoms with Gasteiger partial charge in [0, 0.05) is 11.8 Å². The lowest BCUT2D eigenvalue weighted by Crippen LogP contribution is -2.34. The van der Waals surface area contributed by atoms with E-state index >= 15 is 0 Å². The molecule has 94 valence electrons. The van der Waals surface area contributed by atoms with E-state index in [2.05, 4.69) is 12.2 Å². The first kappa shape index (κ1) is 13.9. The van der Waals surface area contributed by atoms with Crippen LogP contribution in [0, 0.1) is 6.92 Å². The number of rotatable bonds is 5. The van der Waals surface area contributed by atoms with Crippen LogP contribution in [-0.2, 0) is 0 Å². The lowest BCUT2D eigenvalue weighted by Gasteiger charge is -2.14. The minimum absolute atomic E-state index is 0.0698. The molecule has 0 bridgehead atoms. The Bertz CT molecular complexity index is 393. The zero-order chi connectivity index (χ0) is 12.8. The van der Waals surface area contributed by atoms with Gasteiger partial charge in [-0.3, -0.25) is 4.79 Å². The third-order valence-corrected chi connectivity index (χ3v) is 3.58. The molecule has 1 aromatic carbocycles. The van der Waals surface area contributed by atoms with Crippen molar-refractivity contribution >= 4 is 17.7 Å². The zero-order valence-corrected chi connectivity index (χ0v) is 11.3. The van der Waals surface area contributed by atoms with E-state index in [1.807, 2.05) is 6.92 Å². The number of hydrogen-bond acceptors (Lipinski definition) is 3. The molecule has 17 heavy (non-hydrogen) atoms. The van der Waals surface area contributed by atoms with Crippen molar-refractivity contribution in [2.24, 2.45) is 0 Å². The average Bonchev–Trinajstić information content (AvgIpc) is 2.29. The average molecular weight is 253 g/mol. The van der Waals surface area contributed by atoms with Crippen molar-refractivity contribution in [1.29, 1.82) is 0 Å². The molecule has 0 saturated carbocycles. The highest BCUT2D eigenvalue weighted by Crippen LogP contribution is 2.21. The summed E-state index contributed by atoms with van der Waals surface area (Å²) in [6.45, 7) is 5.83. The van der Waals surface area contributed by atoms with E-state index in [1.165, 1.54) is 0 Å². The van der Waals surface area contributed by atoms with Gasteiger partial charge >= 0.3 is 0 Å². The topological polar surface area (TPSA) is 49.3 Å². The summed E-state index contributed by atoms with van der Waals surface area (Å²) in [5.41, 5.74) is 1.06. The van der Waals surface area contributed by atoms with Gasteiger partial charge in [0.2, 0.25) is 0 Å². The minimum atomic E-state index is -0.213. The highest BCUT2D eigenvalue weighted by Gasteiger charge is 2.14. The van der Waals surface area contributed by atoms with Crippen LogP contribution < -0.4 is 5.32 Å².